The van der Waals surface area contributed by atoms with E-state index in [1.54, 1.807) is 18.3 Å². The molecule has 4 heteroatoms. The summed E-state index contributed by atoms with van der Waals surface area (Å²) in [6, 6.07) is 10.6. The van der Waals surface area contributed by atoms with Gasteiger partial charge in [-0.2, -0.15) is 0 Å². The largest absolute Gasteiger partial charge is 0.477 e. The molecule has 2 heterocycles. The predicted molar refractivity (Wildman–Crippen MR) is 60.2 cm³/mol. The molecule has 0 aliphatic heterocycles. The van der Waals surface area contributed by atoms with E-state index in [4.69, 9.17) is 5.11 Å². The third kappa shape index (κ3) is 4.32. The number of pyridine rings is 2. The maximum Gasteiger partial charge on any atom is 0.354 e. The monoisotopic (exact) mass is 216 g/mol. The summed E-state index contributed by atoms with van der Waals surface area (Å²) in [4.78, 5) is 17.7. The molecule has 0 aliphatic carbocycles. The SMILES string of the molecule is Cc1ccccn1.O=C(O)c1ccccn1. The van der Waals surface area contributed by atoms with Gasteiger partial charge in [-0.15, -0.1) is 0 Å². The van der Waals surface area contributed by atoms with Crippen LogP contribution in [0.1, 0.15) is 16.2 Å². The van der Waals surface area contributed by atoms with Crippen molar-refractivity contribution in [2.24, 2.45) is 0 Å². The van der Waals surface area contributed by atoms with Crippen molar-refractivity contribution in [1.29, 1.82) is 0 Å². The highest BCUT2D eigenvalue weighted by Gasteiger charge is 1.98. The second kappa shape index (κ2) is 6.29. The Balaban J connectivity index is 0.000000165. The van der Waals surface area contributed by atoms with Crippen LogP contribution >= 0.6 is 0 Å². The number of aromatic carboxylic acids is 1. The molecular formula is C12H12N2O2. The number of aromatic nitrogens is 2. The van der Waals surface area contributed by atoms with Crippen LogP contribution in [0.25, 0.3) is 0 Å². The highest BCUT2D eigenvalue weighted by atomic mass is 16.4. The van der Waals surface area contributed by atoms with E-state index in [0.717, 1.165) is 5.69 Å². The third-order valence-corrected chi connectivity index (χ3v) is 1.70. The van der Waals surface area contributed by atoms with Crippen LogP contribution in [0.4, 0.5) is 0 Å². The number of nitrogens with zero attached hydrogens (tertiary/aromatic N) is 2. The summed E-state index contributed by atoms with van der Waals surface area (Å²) in [6.07, 6.45) is 3.23. The summed E-state index contributed by atoms with van der Waals surface area (Å²) < 4.78 is 0. The molecule has 2 aromatic heterocycles. The number of aryl methyl sites for hydroxylation is 1. The number of hydrogen-bond donors (Lipinski definition) is 1. The molecule has 0 aliphatic rings. The Morgan fingerprint density at radius 2 is 1.69 bits per heavy atom. The van der Waals surface area contributed by atoms with Gasteiger partial charge in [0.2, 0.25) is 0 Å². The zero-order chi connectivity index (χ0) is 11.8. The smallest absolute Gasteiger partial charge is 0.354 e. The number of hydrogen-bond acceptors (Lipinski definition) is 3. The minimum absolute atomic E-state index is 0.0810. The molecule has 0 unspecified atom stereocenters. The van der Waals surface area contributed by atoms with Crippen LogP contribution in [0.3, 0.4) is 0 Å². The van der Waals surface area contributed by atoms with E-state index in [0.29, 0.717) is 0 Å². The molecule has 0 aromatic carbocycles. The standard InChI is InChI=1S/C6H5NO2.C6H7N/c8-6(9)5-3-1-2-4-7-5;1-6-4-2-3-5-7-6/h1-4H,(H,8,9);2-5H,1H3. The Labute approximate surface area is 93.6 Å². The number of carboxylic acids is 1. The van der Waals surface area contributed by atoms with E-state index >= 15 is 0 Å². The molecule has 0 atom stereocenters. The molecule has 0 radical (unpaired) electrons. The van der Waals surface area contributed by atoms with Gasteiger partial charge in [0.25, 0.3) is 0 Å². The quantitative estimate of drug-likeness (QED) is 0.793. The van der Waals surface area contributed by atoms with Gasteiger partial charge in [-0.05, 0) is 31.2 Å². The second-order valence-electron chi connectivity index (χ2n) is 2.99. The van der Waals surface area contributed by atoms with Crippen molar-refractivity contribution in [1.82, 2.24) is 9.97 Å². The molecule has 0 amide bonds. The average molecular weight is 216 g/mol. The van der Waals surface area contributed by atoms with E-state index in [9.17, 15) is 4.79 Å². The van der Waals surface area contributed by atoms with Crippen molar-refractivity contribution < 1.29 is 9.90 Å². The lowest BCUT2D eigenvalue weighted by molar-refractivity contribution is 0.0690. The van der Waals surface area contributed by atoms with Gasteiger partial charge in [0, 0.05) is 18.1 Å². The van der Waals surface area contributed by atoms with Gasteiger partial charge in [-0.25, -0.2) is 9.78 Å². The second-order valence-corrected chi connectivity index (χ2v) is 2.99. The Bertz CT molecular complexity index is 429. The van der Waals surface area contributed by atoms with E-state index < -0.39 is 5.97 Å². The van der Waals surface area contributed by atoms with E-state index in [1.807, 2.05) is 25.1 Å². The Hall–Kier alpha value is -2.23. The number of carboxylic acid groups (broad SMARTS) is 1. The molecule has 4 nitrogen and oxygen atoms in total. The van der Waals surface area contributed by atoms with Gasteiger partial charge in [0.05, 0.1) is 0 Å². The van der Waals surface area contributed by atoms with Crippen LogP contribution < -0.4 is 0 Å². The van der Waals surface area contributed by atoms with Crippen LogP contribution in [0.15, 0.2) is 48.8 Å². The van der Waals surface area contributed by atoms with Gasteiger partial charge in [-0.3, -0.25) is 4.98 Å². The minimum Gasteiger partial charge on any atom is -0.477 e. The molecule has 2 rings (SSSR count). The zero-order valence-corrected chi connectivity index (χ0v) is 8.87. The summed E-state index contributed by atoms with van der Waals surface area (Å²) in [5.41, 5.74) is 1.15. The first-order chi connectivity index (χ1) is 7.70. The van der Waals surface area contributed by atoms with Gasteiger partial charge in [0.15, 0.2) is 0 Å². The highest BCUT2D eigenvalue weighted by Crippen LogP contribution is 1.90. The van der Waals surface area contributed by atoms with Crippen LogP contribution in [0.2, 0.25) is 0 Å². The lowest BCUT2D eigenvalue weighted by atomic mass is 10.4. The summed E-state index contributed by atoms with van der Waals surface area (Å²) in [7, 11) is 0. The molecule has 82 valence electrons. The molecule has 0 saturated heterocycles. The number of carbonyl (C=O) groups is 1. The third-order valence-electron chi connectivity index (χ3n) is 1.70. The maximum atomic E-state index is 10.1. The normalized spacial score (nSPS) is 8.81. The van der Waals surface area contributed by atoms with Crippen LogP contribution in [0, 0.1) is 6.92 Å². The van der Waals surface area contributed by atoms with Crippen molar-refractivity contribution >= 4 is 5.97 Å². The molecule has 1 N–H and O–H groups in total. The molecule has 0 bridgehead atoms. The fourth-order valence-corrected chi connectivity index (χ4v) is 0.937. The fraction of sp³-hybridized carbons (Fsp3) is 0.0833. The van der Waals surface area contributed by atoms with E-state index in [-0.39, 0.29) is 5.69 Å². The fourth-order valence-electron chi connectivity index (χ4n) is 0.937. The van der Waals surface area contributed by atoms with Gasteiger partial charge in [-0.1, -0.05) is 12.1 Å². The predicted octanol–water partition coefficient (Wildman–Crippen LogP) is 2.17. The lowest BCUT2D eigenvalue weighted by Crippen LogP contribution is -1.97. The van der Waals surface area contributed by atoms with Crippen molar-refractivity contribution in [3.63, 3.8) is 0 Å². The van der Waals surface area contributed by atoms with Gasteiger partial charge in [0.1, 0.15) is 5.69 Å². The molecule has 16 heavy (non-hydrogen) atoms. The Morgan fingerprint density at radius 1 is 1.06 bits per heavy atom. The summed E-state index contributed by atoms with van der Waals surface area (Å²) in [5, 5.41) is 8.32. The van der Waals surface area contributed by atoms with Crippen molar-refractivity contribution in [3.8, 4) is 0 Å². The molecular weight excluding hydrogens is 204 g/mol. The average Bonchev–Trinajstić information content (AvgIpc) is 2.32. The topological polar surface area (TPSA) is 63.1 Å². The first kappa shape index (κ1) is 11.8. The molecule has 0 fully saturated rings. The Morgan fingerprint density at radius 3 is 1.94 bits per heavy atom. The van der Waals surface area contributed by atoms with Crippen LogP contribution in [0.5, 0.6) is 0 Å². The Kier molecular flexibility index (Phi) is 4.66. The van der Waals surface area contributed by atoms with Crippen LogP contribution in [-0.2, 0) is 0 Å². The van der Waals surface area contributed by atoms with Crippen molar-refractivity contribution in [2.45, 2.75) is 6.92 Å². The maximum absolute atomic E-state index is 10.1. The van der Waals surface area contributed by atoms with Gasteiger partial charge < -0.3 is 5.11 Å². The van der Waals surface area contributed by atoms with E-state index in [2.05, 4.69) is 9.97 Å². The van der Waals surface area contributed by atoms with E-state index in [1.165, 1.54) is 12.3 Å². The van der Waals surface area contributed by atoms with Crippen LogP contribution in [-0.4, -0.2) is 21.0 Å². The first-order valence-electron chi connectivity index (χ1n) is 4.72. The summed E-state index contributed by atoms with van der Waals surface area (Å²) in [5.74, 6) is -0.990. The van der Waals surface area contributed by atoms with Gasteiger partial charge >= 0.3 is 5.97 Å². The van der Waals surface area contributed by atoms with Crippen molar-refractivity contribution in [3.05, 3.63) is 60.2 Å². The lowest BCUT2D eigenvalue weighted by Gasteiger charge is -1.87. The summed E-state index contributed by atoms with van der Waals surface area (Å²) >= 11 is 0. The minimum atomic E-state index is -0.990. The first-order valence-corrected chi connectivity index (χ1v) is 4.72. The zero-order valence-electron chi connectivity index (χ0n) is 8.87. The highest BCUT2D eigenvalue weighted by molar-refractivity contribution is 5.85. The summed E-state index contributed by atoms with van der Waals surface area (Å²) in [6.45, 7) is 1.97. The molecule has 0 saturated carbocycles. The van der Waals surface area contributed by atoms with Crippen molar-refractivity contribution in [2.75, 3.05) is 0 Å². The molecule has 0 spiro atoms. The number of rotatable bonds is 1. The molecule has 2 aromatic rings.